The molecule has 2 heteroatoms. The van der Waals surface area contributed by atoms with Crippen molar-refractivity contribution in [2.75, 3.05) is 4.90 Å². The third-order valence-electron chi connectivity index (χ3n) is 15.2. The van der Waals surface area contributed by atoms with Crippen LogP contribution in [0.15, 0.2) is 193 Å². The predicted octanol–water partition coefficient (Wildman–Crippen LogP) is 15.2. The van der Waals surface area contributed by atoms with E-state index < -0.39 is 0 Å². The molecule has 0 aliphatic heterocycles. The summed E-state index contributed by atoms with van der Waals surface area (Å²) in [5.74, 6) is 1.27. The lowest BCUT2D eigenvalue weighted by atomic mass is 9.59. The molecule has 0 N–H and O–H groups in total. The summed E-state index contributed by atoms with van der Waals surface area (Å²) in [5.41, 5.74) is 15.9. The Labute approximate surface area is 359 Å². The van der Waals surface area contributed by atoms with E-state index in [-0.39, 0.29) is 16.9 Å². The molecule has 60 heavy (non-hydrogen) atoms. The van der Waals surface area contributed by atoms with Crippen molar-refractivity contribution >= 4 is 48.3 Å². The van der Waals surface area contributed by atoms with E-state index >= 15 is 0 Å². The fourth-order valence-electron chi connectivity index (χ4n) is 12.4. The lowest BCUT2D eigenvalue weighted by Gasteiger charge is -2.44. The topological polar surface area (TPSA) is 3.24 Å². The molecule has 0 saturated heterocycles. The summed E-state index contributed by atoms with van der Waals surface area (Å²) in [6, 6.07) is 32.9. The normalized spacial score (nSPS) is 26.8. The lowest BCUT2D eigenvalue weighted by Crippen LogP contribution is -2.40. The summed E-state index contributed by atoms with van der Waals surface area (Å²) in [5, 5.41) is 2.74. The Balaban J connectivity index is 1.03. The molecular formula is C58H51NS. The van der Waals surface area contributed by atoms with E-state index in [0.29, 0.717) is 17.8 Å². The Morgan fingerprint density at radius 2 is 1.53 bits per heavy atom. The molecule has 0 radical (unpaired) electrons. The van der Waals surface area contributed by atoms with Crippen LogP contribution >= 0.6 is 11.3 Å². The molecule has 1 nitrogen and oxygen atoms in total. The fraction of sp³-hybridized carbons (Fsp3) is 0.241. The van der Waals surface area contributed by atoms with Crippen molar-refractivity contribution in [3.05, 3.63) is 221 Å². The van der Waals surface area contributed by atoms with Crippen LogP contribution < -0.4 is 4.90 Å². The van der Waals surface area contributed by atoms with Crippen molar-refractivity contribution in [1.82, 2.24) is 0 Å². The number of allylic oxidation sites excluding steroid dienone is 18. The molecule has 5 atom stereocenters. The summed E-state index contributed by atoms with van der Waals surface area (Å²) in [6.07, 6.45) is 42.5. The molecule has 0 saturated carbocycles. The van der Waals surface area contributed by atoms with Gasteiger partial charge in [-0.05, 0) is 125 Å². The molecule has 7 aliphatic carbocycles. The summed E-state index contributed by atoms with van der Waals surface area (Å²) >= 11 is 1.94. The molecule has 5 unspecified atom stereocenters. The van der Waals surface area contributed by atoms with Crippen molar-refractivity contribution in [2.45, 2.75) is 75.2 Å². The zero-order chi connectivity index (χ0) is 40.0. The molecule has 5 aromatic rings. The van der Waals surface area contributed by atoms with Crippen molar-refractivity contribution in [2.24, 2.45) is 11.8 Å². The molecular weight excluding hydrogens is 743 g/mol. The van der Waals surface area contributed by atoms with E-state index in [9.17, 15) is 0 Å². The van der Waals surface area contributed by atoms with Gasteiger partial charge in [0, 0.05) is 42.9 Å². The van der Waals surface area contributed by atoms with Gasteiger partial charge in [0.15, 0.2) is 0 Å². The van der Waals surface area contributed by atoms with Gasteiger partial charge in [0.1, 0.15) is 0 Å². The van der Waals surface area contributed by atoms with Gasteiger partial charge in [0.05, 0.1) is 6.04 Å². The van der Waals surface area contributed by atoms with E-state index in [1.807, 2.05) is 11.3 Å². The maximum atomic E-state index is 2.76. The van der Waals surface area contributed by atoms with Crippen LogP contribution in [-0.2, 0) is 10.8 Å². The van der Waals surface area contributed by atoms with E-state index in [4.69, 9.17) is 0 Å². The lowest BCUT2D eigenvalue weighted by molar-refractivity contribution is 0.394. The summed E-state index contributed by atoms with van der Waals surface area (Å²) < 4.78 is 2.78. The summed E-state index contributed by atoms with van der Waals surface area (Å²) in [4.78, 5) is 2.76. The second kappa shape index (κ2) is 13.9. The number of anilines is 1. The van der Waals surface area contributed by atoms with Crippen LogP contribution in [0.3, 0.4) is 0 Å². The van der Waals surface area contributed by atoms with Crippen LogP contribution in [0.1, 0.15) is 86.1 Å². The molecule has 0 bridgehead atoms. The number of fused-ring (bicyclic) bond motifs is 9. The predicted molar refractivity (Wildman–Crippen MR) is 257 cm³/mol. The standard InChI is InChI=1S/C58H51NS/c1-57(2)51-25-12-9-20-45(51)47-34-32-42(36-53(47)57)59(41-30-28-38(29-31-41)44-23-15-24-50-49-22-11-14-27-55(49)60-56(44)50)43-33-35-48-46-21-10-13-26-52(46)58(54(48)37-43,39-16-5-3-6-17-39)40-18-7-4-8-19-40/h3-7,9-16,18,20-28,30,32,34-37,39,43,45,51H,8,17,19,29,31,33H2,1-2H3. The van der Waals surface area contributed by atoms with Crippen LogP contribution in [0.5, 0.6) is 0 Å². The van der Waals surface area contributed by atoms with Crippen LogP contribution in [0.2, 0.25) is 0 Å². The number of hydrogen-bond acceptors (Lipinski definition) is 2. The average Bonchev–Trinajstić information content (AvgIpc) is 3.91. The van der Waals surface area contributed by atoms with Gasteiger partial charge in [-0.2, -0.15) is 0 Å². The number of hydrogen-bond donors (Lipinski definition) is 0. The van der Waals surface area contributed by atoms with Gasteiger partial charge in [0.25, 0.3) is 0 Å². The third-order valence-corrected chi connectivity index (χ3v) is 16.4. The zero-order valence-electron chi connectivity index (χ0n) is 34.7. The van der Waals surface area contributed by atoms with Crippen molar-refractivity contribution < 1.29 is 0 Å². The second-order valence-corrected chi connectivity index (χ2v) is 19.5. The van der Waals surface area contributed by atoms with Gasteiger partial charge in [-0.3, -0.25) is 0 Å². The minimum atomic E-state index is -0.204. The van der Waals surface area contributed by atoms with Gasteiger partial charge >= 0.3 is 0 Å². The van der Waals surface area contributed by atoms with Crippen LogP contribution in [0, 0.1) is 11.8 Å². The highest BCUT2D eigenvalue weighted by molar-refractivity contribution is 7.26. The summed E-state index contributed by atoms with van der Waals surface area (Å²) in [6.45, 7) is 4.94. The minimum absolute atomic E-state index is 0.0437. The maximum Gasteiger partial charge on any atom is 0.0560 e. The van der Waals surface area contributed by atoms with Crippen LogP contribution in [0.4, 0.5) is 5.69 Å². The van der Waals surface area contributed by atoms with Gasteiger partial charge in [-0.25, -0.2) is 0 Å². The second-order valence-electron chi connectivity index (χ2n) is 18.5. The van der Waals surface area contributed by atoms with Crippen molar-refractivity contribution in [3.8, 4) is 0 Å². The van der Waals surface area contributed by atoms with Crippen molar-refractivity contribution in [1.29, 1.82) is 0 Å². The number of rotatable bonds is 6. The Morgan fingerprint density at radius 1 is 0.683 bits per heavy atom. The molecule has 0 amide bonds. The highest BCUT2D eigenvalue weighted by Gasteiger charge is 2.53. The molecule has 4 aromatic carbocycles. The number of thiophene rings is 1. The molecule has 0 spiro atoms. The van der Waals surface area contributed by atoms with Gasteiger partial charge in [-0.1, -0.05) is 171 Å². The molecule has 12 rings (SSSR count). The SMILES string of the molecule is CC1(C)c2cc(N(C3=CC=C(c4cccc5c4sc4ccccc45)CC3)C3C=C4C(=CC3)c3ccccc3C4(C3=CC=CCC3)C3C=CC=CC3)ccc2C2C=CC=CC21. The Bertz CT molecular complexity index is 2940. The molecule has 0 fully saturated rings. The van der Waals surface area contributed by atoms with E-state index in [0.717, 1.165) is 38.5 Å². The fourth-order valence-corrected chi connectivity index (χ4v) is 13.7. The minimum Gasteiger partial charge on any atom is -0.338 e. The van der Waals surface area contributed by atoms with Gasteiger partial charge in [0.2, 0.25) is 0 Å². The van der Waals surface area contributed by atoms with E-state index in [2.05, 4.69) is 195 Å². The zero-order valence-corrected chi connectivity index (χ0v) is 35.5. The molecule has 294 valence electrons. The first-order valence-electron chi connectivity index (χ1n) is 22.3. The molecule has 1 aromatic heterocycles. The first-order chi connectivity index (χ1) is 29.5. The first kappa shape index (κ1) is 36.2. The van der Waals surface area contributed by atoms with Gasteiger partial charge in [-0.15, -0.1) is 11.3 Å². The van der Waals surface area contributed by atoms with Crippen LogP contribution in [-0.4, -0.2) is 6.04 Å². The maximum absolute atomic E-state index is 2.76. The van der Waals surface area contributed by atoms with E-state index in [1.54, 1.807) is 5.57 Å². The smallest absolute Gasteiger partial charge is 0.0560 e. The van der Waals surface area contributed by atoms with Gasteiger partial charge < -0.3 is 4.90 Å². The quantitative estimate of drug-likeness (QED) is 0.166. The highest BCUT2D eigenvalue weighted by Crippen LogP contribution is 2.62. The van der Waals surface area contributed by atoms with E-state index in [1.165, 1.54) is 76.1 Å². The Hall–Kier alpha value is -5.70. The monoisotopic (exact) mass is 793 g/mol. The highest BCUT2D eigenvalue weighted by atomic mass is 32.1. The van der Waals surface area contributed by atoms with Crippen molar-refractivity contribution in [3.63, 3.8) is 0 Å². The molecule has 1 heterocycles. The Morgan fingerprint density at radius 3 is 2.40 bits per heavy atom. The number of nitrogens with zero attached hydrogens (tertiary/aromatic N) is 1. The number of benzene rings is 4. The molecule has 7 aliphatic rings. The summed E-state index contributed by atoms with van der Waals surface area (Å²) in [7, 11) is 0. The Kier molecular flexibility index (Phi) is 8.40. The average molecular weight is 794 g/mol. The first-order valence-corrected chi connectivity index (χ1v) is 23.1. The largest absolute Gasteiger partial charge is 0.338 e. The third kappa shape index (κ3) is 5.29. The van der Waals surface area contributed by atoms with Crippen LogP contribution in [0.25, 0.3) is 31.3 Å².